The highest BCUT2D eigenvalue weighted by molar-refractivity contribution is 6.34. The van der Waals surface area contributed by atoms with Crippen LogP contribution < -0.4 is 15.8 Å². The fourth-order valence-corrected chi connectivity index (χ4v) is 2.34. The topological polar surface area (TPSA) is 64.4 Å². The van der Waals surface area contributed by atoms with Gasteiger partial charge in [-0.2, -0.15) is 0 Å². The van der Waals surface area contributed by atoms with Crippen LogP contribution in [0.3, 0.4) is 0 Å². The van der Waals surface area contributed by atoms with Gasteiger partial charge in [-0.3, -0.25) is 4.79 Å². The molecule has 0 saturated heterocycles. The summed E-state index contributed by atoms with van der Waals surface area (Å²) in [6.45, 7) is 0.424. The summed E-state index contributed by atoms with van der Waals surface area (Å²) in [5.74, 6) is 0.0601. The monoisotopic (exact) mass is 324 g/mol. The molecule has 6 heteroatoms. The minimum atomic E-state index is -0.512. The van der Waals surface area contributed by atoms with Crippen LogP contribution in [0.25, 0.3) is 0 Å². The Kier molecular flexibility index (Phi) is 5.31. The Balaban J connectivity index is 1.99. The number of hydrogen-bond acceptors (Lipinski definition) is 3. The lowest BCUT2D eigenvalue weighted by molar-refractivity contribution is -0.119. The highest BCUT2D eigenvalue weighted by atomic mass is 35.5. The number of nitrogens with two attached hydrogens (primary N) is 1. The Morgan fingerprint density at radius 3 is 2.52 bits per heavy atom. The van der Waals surface area contributed by atoms with Crippen LogP contribution in [0.5, 0.6) is 5.75 Å². The van der Waals surface area contributed by atoms with Crippen molar-refractivity contribution in [2.75, 3.05) is 11.9 Å². The van der Waals surface area contributed by atoms with Crippen molar-refractivity contribution in [3.05, 3.63) is 58.1 Å². The second kappa shape index (κ2) is 7.20. The molecule has 0 heterocycles. The first-order valence-corrected chi connectivity index (χ1v) is 6.98. The molecule has 0 bridgehead atoms. The molecule has 0 saturated carbocycles. The quantitative estimate of drug-likeness (QED) is 0.855. The van der Waals surface area contributed by atoms with E-state index in [9.17, 15) is 4.79 Å². The van der Waals surface area contributed by atoms with E-state index >= 15 is 0 Å². The smallest absolute Gasteiger partial charge is 0.255 e. The first-order valence-electron chi connectivity index (χ1n) is 6.23. The fraction of sp³-hybridized carbons (Fsp3) is 0.133. The third kappa shape index (κ3) is 5.17. The van der Waals surface area contributed by atoms with Crippen LogP contribution in [0, 0.1) is 0 Å². The third-order valence-corrected chi connectivity index (χ3v) is 3.07. The Bertz CT molecular complexity index is 627. The molecule has 0 spiro atoms. The molecule has 1 amide bonds. The van der Waals surface area contributed by atoms with E-state index in [0.717, 1.165) is 11.3 Å². The lowest BCUT2D eigenvalue weighted by Gasteiger charge is -2.09. The average molecular weight is 325 g/mol. The summed E-state index contributed by atoms with van der Waals surface area (Å²) in [5.41, 5.74) is 6.86. The zero-order valence-corrected chi connectivity index (χ0v) is 12.6. The molecular weight excluding hydrogens is 311 g/mol. The van der Waals surface area contributed by atoms with E-state index in [-0.39, 0.29) is 6.61 Å². The van der Waals surface area contributed by atoms with E-state index in [2.05, 4.69) is 5.32 Å². The third-order valence-electron chi connectivity index (χ3n) is 2.63. The lowest BCUT2D eigenvalue weighted by atomic mass is 10.2. The zero-order valence-electron chi connectivity index (χ0n) is 11.1. The molecule has 2 aromatic rings. The maximum Gasteiger partial charge on any atom is 0.255 e. The van der Waals surface area contributed by atoms with E-state index in [1.165, 1.54) is 0 Å². The number of carbonyl (C=O) groups excluding carboxylic acids is 1. The fourth-order valence-electron chi connectivity index (χ4n) is 1.77. The first-order chi connectivity index (χ1) is 10.0. The maximum atomic E-state index is 10.7. The van der Waals surface area contributed by atoms with Crippen LogP contribution in [0.4, 0.5) is 5.69 Å². The zero-order chi connectivity index (χ0) is 15.2. The Morgan fingerprint density at radius 2 is 1.86 bits per heavy atom. The van der Waals surface area contributed by atoms with Gasteiger partial charge in [-0.05, 0) is 35.9 Å². The van der Waals surface area contributed by atoms with Crippen LogP contribution in [0.1, 0.15) is 5.56 Å². The first kappa shape index (κ1) is 15.5. The highest BCUT2D eigenvalue weighted by Gasteiger charge is 2.01. The summed E-state index contributed by atoms with van der Waals surface area (Å²) in [5, 5.41) is 4.42. The molecule has 21 heavy (non-hydrogen) atoms. The molecule has 0 atom stereocenters. The predicted octanol–water partition coefficient (Wildman–Crippen LogP) is 3.47. The van der Waals surface area contributed by atoms with Crippen molar-refractivity contribution in [3.63, 3.8) is 0 Å². The van der Waals surface area contributed by atoms with Gasteiger partial charge in [-0.1, -0.05) is 29.3 Å². The highest BCUT2D eigenvalue weighted by Crippen LogP contribution is 2.21. The summed E-state index contributed by atoms with van der Waals surface area (Å²) in [7, 11) is 0. The van der Waals surface area contributed by atoms with E-state index in [0.29, 0.717) is 22.3 Å². The van der Waals surface area contributed by atoms with Gasteiger partial charge in [0.25, 0.3) is 5.91 Å². The number of rotatable bonds is 6. The van der Waals surface area contributed by atoms with Gasteiger partial charge >= 0.3 is 0 Å². The number of carbonyl (C=O) groups is 1. The van der Waals surface area contributed by atoms with Gasteiger partial charge in [0.2, 0.25) is 0 Å². The Hall–Kier alpha value is -1.91. The van der Waals surface area contributed by atoms with Crippen molar-refractivity contribution in [1.29, 1.82) is 0 Å². The minimum Gasteiger partial charge on any atom is -0.484 e. The van der Waals surface area contributed by atoms with Gasteiger partial charge < -0.3 is 15.8 Å². The van der Waals surface area contributed by atoms with Crippen LogP contribution in [-0.4, -0.2) is 12.5 Å². The lowest BCUT2D eigenvalue weighted by Crippen LogP contribution is -2.20. The summed E-state index contributed by atoms with van der Waals surface area (Å²) in [6, 6.07) is 12.6. The van der Waals surface area contributed by atoms with Gasteiger partial charge in [0.05, 0.1) is 0 Å². The van der Waals surface area contributed by atoms with Gasteiger partial charge in [0.15, 0.2) is 6.61 Å². The number of ether oxygens (including phenoxy) is 1. The predicted molar refractivity (Wildman–Crippen MR) is 84.9 cm³/mol. The SMILES string of the molecule is NC(=O)COc1cccc(NCc2cc(Cl)cc(Cl)c2)c1. The van der Waals surface area contributed by atoms with Crippen LogP contribution >= 0.6 is 23.2 Å². The molecule has 0 aliphatic carbocycles. The number of halogens is 2. The standard InChI is InChI=1S/C15H14Cl2N2O2/c16-11-4-10(5-12(17)6-11)8-19-13-2-1-3-14(7-13)21-9-15(18)20/h1-7,19H,8-9H2,(H2,18,20). The number of primary amides is 1. The summed E-state index contributed by atoms with van der Waals surface area (Å²) >= 11 is 11.9. The van der Waals surface area contributed by atoms with Gasteiger partial charge in [0, 0.05) is 28.3 Å². The summed E-state index contributed by atoms with van der Waals surface area (Å²) in [6.07, 6.45) is 0. The van der Waals surface area contributed by atoms with Crippen LogP contribution in [-0.2, 0) is 11.3 Å². The number of nitrogens with one attached hydrogen (secondary N) is 1. The van der Waals surface area contributed by atoms with Gasteiger partial charge in [-0.25, -0.2) is 0 Å². The molecule has 2 aromatic carbocycles. The van der Waals surface area contributed by atoms with Crippen LogP contribution in [0.2, 0.25) is 10.0 Å². The van der Waals surface area contributed by atoms with Crippen molar-refractivity contribution in [2.45, 2.75) is 6.54 Å². The van der Waals surface area contributed by atoms with E-state index < -0.39 is 5.91 Å². The Morgan fingerprint density at radius 1 is 1.14 bits per heavy atom. The molecule has 3 N–H and O–H groups in total. The molecular formula is C15H14Cl2N2O2. The molecule has 0 aliphatic rings. The van der Waals surface area contributed by atoms with Crippen LogP contribution in [0.15, 0.2) is 42.5 Å². The van der Waals surface area contributed by atoms with Gasteiger partial charge in [-0.15, -0.1) is 0 Å². The number of anilines is 1. The summed E-state index contributed by atoms with van der Waals surface area (Å²) in [4.78, 5) is 10.7. The molecule has 0 radical (unpaired) electrons. The van der Waals surface area contributed by atoms with Crippen molar-refractivity contribution in [3.8, 4) is 5.75 Å². The van der Waals surface area contributed by atoms with E-state index in [1.807, 2.05) is 24.3 Å². The number of amides is 1. The van der Waals surface area contributed by atoms with E-state index in [4.69, 9.17) is 33.7 Å². The molecule has 0 unspecified atom stereocenters. The summed E-state index contributed by atoms with van der Waals surface area (Å²) < 4.78 is 5.24. The average Bonchev–Trinajstić information content (AvgIpc) is 2.42. The van der Waals surface area contributed by atoms with Crippen molar-refractivity contribution < 1.29 is 9.53 Å². The van der Waals surface area contributed by atoms with E-state index in [1.54, 1.807) is 18.2 Å². The second-order valence-corrected chi connectivity index (χ2v) is 5.29. The molecule has 0 aliphatic heterocycles. The number of benzene rings is 2. The molecule has 0 aromatic heterocycles. The molecule has 2 rings (SSSR count). The van der Waals surface area contributed by atoms with Crippen molar-refractivity contribution >= 4 is 34.8 Å². The minimum absolute atomic E-state index is 0.145. The molecule has 4 nitrogen and oxygen atoms in total. The second-order valence-electron chi connectivity index (χ2n) is 4.41. The Labute approximate surface area is 132 Å². The van der Waals surface area contributed by atoms with Crippen molar-refractivity contribution in [1.82, 2.24) is 0 Å². The number of hydrogen-bond donors (Lipinski definition) is 2. The van der Waals surface area contributed by atoms with Gasteiger partial charge in [0.1, 0.15) is 5.75 Å². The molecule has 110 valence electrons. The largest absolute Gasteiger partial charge is 0.484 e. The van der Waals surface area contributed by atoms with Crippen molar-refractivity contribution in [2.24, 2.45) is 5.73 Å². The molecule has 0 fully saturated rings. The maximum absolute atomic E-state index is 10.7. The normalized spacial score (nSPS) is 10.2.